The molecule has 0 amide bonds. The van der Waals surface area contributed by atoms with Gasteiger partial charge in [-0.05, 0) is 90.4 Å². The molecular weight excluding hydrogens is 388 g/mol. The van der Waals surface area contributed by atoms with Crippen LogP contribution in [0.1, 0.15) is 62.3 Å². The summed E-state index contributed by atoms with van der Waals surface area (Å²) < 4.78 is 0. The van der Waals surface area contributed by atoms with Gasteiger partial charge in [0.25, 0.3) is 0 Å². The van der Waals surface area contributed by atoms with Crippen molar-refractivity contribution in [3.8, 4) is 0 Å². The van der Waals surface area contributed by atoms with Crippen molar-refractivity contribution in [3.63, 3.8) is 0 Å². The van der Waals surface area contributed by atoms with Crippen molar-refractivity contribution in [2.45, 2.75) is 52.4 Å². The Kier molecular flexibility index (Phi) is 7.58. The van der Waals surface area contributed by atoms with E-state index in [1.165, 1.54) is 39.8 Å². The minimum Gasteiger partial charge on any atom is -0.405 e. The summed E-state index contributed by atoms with van der Waals surface area (Å²) in [6.45, 7) is 8.16. The second-order valence-corrected chi connectivity index (χ2v) is 8.06. The SMILES string of the molecule is C/C=C/C(=C\C=C\N)C1(c2ccc(N)c(C)c2)C2=C(CCCC=C2)c2ccccc21.CC. The van der Waals surface area contributed by atoms with Crippen LogP contribution in [0.3, 0.4) is 0 Å². The molecule has 0 aromatic heterocycles. The lowest BCUT2D eigenvalue weighted by Crippen LogP contribution is -2.30. The number of benzene rings is 2. The first kappa shape index (κ1) is 23.4. The third-order valence-corrected chi connectivity index (χ3v) is 6.34. The fourth-order valence-electron chi connectivity index (χ4n) is 5.02. The second-order valence-electron chi connectivity index (χ2n) is 8.06. The number of nitrogens with two attached hydrogens (primary N) is 2. The van der Waals surface area contributed by atoms with Gasteiger partial charge >= 0.3 is 0 Å². The zero-order valence-electron chi connectivity index (χ0n) is 19.9. The molecule has 0 fully saturated rings. The smallest absolute Gasteiger partial charge is 0.0710 e. The number of hydrogen-bond acceptors (Lipinski definition) is 2. The Morgan fingerprint density at radius 3 is 2.59 bits per heavy atom. The Labute approximate surface area is 193 Å². The molecule has 2 heteroatoms. The van der Waals surface area contributed by atoms with Crippen LogP contribution in [0.5, 0.6) is 0 Å². The molecule has 2 aromatic carbocycles. The Morgan fingerprint density at radius 1 is 1.09 bits per heavy atom. The first-order valence-electron chi connectivity index (χ1n) is 11.7. The summed E-state index contributed by atoms with van der Waals surface area (Å²) in [7, 11) is 0. The van der Waals surface area contributed by atoms with E-state index in [-0.39, 0.29) is 0 Å². The zero-order chi connectivity index (χ0) is 23.1. The normalized spacial score (nSPS) is 20.2. The minimum atomic E-state index is -0.392. The van der Waals surface area contributed by atoms with E-state index < -0.39 is 5.41 Å². The van der Waals surface area contributed by atoms with Gasteiger partial charge in [-0.15, -0.1) is 0 Å². The largest absolute Gasteiger partial charge is 0.405 e. The molecule has 2 nitrogen and oxygen atoms in total. The number of rotatable bonds is 4. The maximum absolute atomic E-state index is 6.21. The molecule has 2 aromatic rings. The Bertz CT molecular complexity index is 1110. The maximum atomic E-state index is 6.21. The van der Waals surface area contributed by atoms with Gasteiger partial charge in [-0.1, -0.05) is 80.6 Å². The number of anilines is 1. The van der Waals surface area contributed by atoms with E-state index in [0.717, 1.165) is 24.1 Å². The average molecular weight is 425 g/mol. The zero-order valence-corrected chi connectivity index (χ0v) is 19.9. The highest BCUT2D eigenvalue weighted by Crippen LogP contribution is 2.57. The van der Waals surface area contributed by atoms with Crippen LogP contribution in [0, 0.1) is 6.92 Å². The molecular formula is C30H36N2. The van der Waals surface area contributed by atoms with Crippen molar-refractivity contribution in [1.82, 2.24) is 0 Å². The van der Waals surface area contributed by atoms with Crippen LogP contribution in [0.2, 0.25) is 0 Å². The number of fused-ring (bicyclic) bond motifs is 2. The highest BCUT2D eigenvalue weighted by Gasteiger charge is 2.47. The van der Waals surface area contributed by atoms with E-state index in [4.69, 9.17) is 11.5 Å². The van der Waals surface area contributed by atoms with Gasteiger partial charge in [0.2, 0.25) is 0 Å². The molecule has 0 saturated heterocycles. The summed E-state index contributed by atoms with van der Waals surface area (Å²) >= 11 is 0. The molecule has 4 N–H and O–H groups in total. The number of hydrogen-bond donors (Lipinski definition) is 2. The third kappa shape index (κ3) is 3.86. The molecule has 1 unspecified atom stereocenters. The molecule has 1 atom stereocenters. The molecule has 0 bridgehead atoms. The van der Waals surface area contributed by atoms with Gasteiger partial charge < -0.3 is 11.5 Å². The lowest BCUT2D eigenvalue weighted by atomic mass is 9.65. The van der Waals surface area contributed by atoms with Crippen molar-refractivity contribution in [3.05, 3.63) is 119 Å². The van der Waals surface area contributed by atoms with Gasteiger partial charge in [0.1, 0.15) is 0 Å². The third-order valence-electron chi connectivity index (χ3n) is 6.34. The molecule has 0 spiro atoms. The Hall–Kier alpha value is -3.26. The number of allylic oxidation sites excluding steroid dienone is 9. The van der Waals surface area contributed by atoms with Crippen molar-refractivity contribution in [2.24, 2.45) is 5.73 Å². The number of nitrogen functional groups attached to an aromatic ring is 1. The Balaban J connectivity index is 0.00000141. The fraction of sp³-hybridized carbons (Fsp3) is 0.267. The standard InChI is InChI=1S/C28H30N2.C2H6/c1-3-10-21(11-9-18-29)28(22-16-17-27(30)20(2)19-22)25-14-6-4-5-12-23(25)24-13-7-8-15-26(24)28;1-2/h3,6-11,13-19H,4-5,12,29-30H2,1-2H3;1-2H3/b10-3+,18-9+,21-11+;. The van der Waals surface area contributed by atoms with E-state index in [1.807, 2.05) is 26.0 Å². The van der Waals surface area contributed by atoms with Gasteiger partial charge in [-0.2, -0.15) is 0 Å². The minimum absolute atomic E-state index is 0.392. The second kappa shape index (κ2) is 10.4. The van der Waals surface area contributed by atoms with E-state index in [1.54, 1.807) is 6.20 Å². The van der Waals surface area contributed by atoms with E-state index >= 15 is 0 Å². The fourth-order valence-corrected chi connectivity index (χ4v) is 5.02. The summed E-state index contributed by atoms with van der Waals surface area (Å²) in [5.74, 6) is 0. The van der Waals surface area contributed by atoms with E-state index in [2.05, 4.69) is 80.6 Å². The average Bonchev–Trinajstić information content (AvgIpc) is 2.94. The summed E-state index contributed by atoms with van der Waals surface area (Å²) in [5.41, 5.74) is 21.5. The van der Waals surface area contributed by atoms with Crippen LogP contribution < -0.4 is 11.5 Å². The van der Waals surface area contributed by atoms with Gasteiger partial charge in [0.15, 0.2) is 0 Å². The first-order chi connectivity index (χ1) is 15.6. The van der Waals surface area contributed by atoms with Crippen LogP contribution in [-0.4, -0.2) is 0 Å². The van der Waals surface area contributed by atoms with Crippen molar-refractivity contribution in [1.29, 1.82) is 0 Å². The maximum Gasteiger partial charge on any atom is 0.0710 e. The summed E-state index contributed by atoms with van der Waals surface area (Å²) in [4.78, 5) is 0. The summed E-state index contributed by atoms with van der Waals surface area (Å²) in [6.07, 6.45) is 18.1. The highest BCUT2D eigenvalue weighted by molar-refractivity contribution is 5.88. The molecule has 4 rings (SSSR count). The van der Waals surface area contributed by atoms with Crippen LogP contribution in [0.4, 0.5) is 5.69 Å². The lowest BCUT2D eigenvalue weighted by molar-refractivity contribution is 0.758. The van der Waals surface area contributed by atoms with Gasteiger partial charge in [0, 0.05) is 5.69 Å². The predicted octanol–water partition coefficient (Wildman–Crippen LogP) is 7.37. The van der Waals surface area contributed by atoms with Gasteiger partial charge in [0.05, 0.1) is 5.41 Å². The molecule has 2 aliphatic carbocycles. The van der Waals surface area contributed by atoms with Crippen LogP contribution >= 0.6 is 0 Å². The Morgan fingerprint density at radius 2 is 1.88 bits per heavy atom. The van der Waals surface area contributed by atoms with Crippen molar-refractivity contribution < 1.29 is 0 Å². The van der Waals surface area contributed by atoms with Gasteiger partial charge in [-0.25, -0.2) is 0 Å². The monoisotopic (exact) mass is 424 g/mol. The topological polar surface area (TPSA) is 52.0 Å². The summed E-state index contributed by atoms with van der Waals surface area (Å²) in [6, 6.07) is 15.4. The van der Waals surface area contributed by atoms with Crippen molar-refractivity contribution in [2.75, 3.05) is 5.73 Å². The molecule has 0 saturated carbocycles. The quantitative estimate of drug-likeness (QED) is 0.397. The van der Waals surface area contributed by atoms with Crippen LogP contribution in [0.15, 0.2) is 96.3 Å². The first-order valence-corrected chi connectivity index (χ1v) is 11.7. The van der Waals surface area contributed by atoms with Crippen LogP contribution in [-0.2, 0) is 5.41 Å². The van der Waals surface area contributed by atoms with E-state index in [0.29, 0.717) is 0 Å². The molecule has 0 aliphatic heterocycles. The van der Waals surface area contributed by atoms with Crippen LogP contribution in [0.25, 0.3) is 5.57 Å². The lowest BCUT2D eigenvalue weighted by Gasteiger charge is -2.36. The summed E-state index contributed by atoms with van der Waals surface area (Å²) in [5, 5.41) is 0. The molecule has 0 radical (unpaired) electrons. The molecule has 166 valence electrons. The van der Waals surface area contributed by atoms with Crippen molar-refractivity contribution >= 4 is 11.3 Å². The highest BCUT2D eigenvalue weighted by atomic mass is 14.6. The molecule has 0 heterocycles. The molecule has 32 heavy (non-hydrogen) atoms. The molecule has 2 aliphatic rings. The van der Waals surface area contributed by atoms with E-state index in [9.17, 15) is 0 Å². The predicted molar refractivity (Wildman–Crippen MR) is 140 cm³/mol. The van der Waals surface area contributed by atoms with Gasteiger partial charge in [-0.3, -0.25) is 0 Å². The number of aryl methyl sites for hydroxylation is 1.